The van der Waals surface area contributed by atoms with E-state index in [4.69, 9.17) is 13.4 Å². The molecule has 0 aliphatic heterocycles. The molecule has 0 saturated heterocycles. The van der Waals surface area contributed by atoms with E-state index in [-0.39, 0.29) is 22.7 Å². The molecule has 4 rings (SSSR count). The summed E-state index contributed by atoms with van der Waals surface area (Å²) in [4.78, 5) is 0. The molecule has 0 N–H and O–H groups in total. The molecule has 278 valence electrons. The Morgan fingerprint density at radius 1 is 0.960 bits per heavy atom. The maximum absolute atomic E-state index is 15.5. The van der Waals surface area contributed by atoms with Crippen LogP contribution in [0.15, 0.2) is 84.7 Å². The minimum atomic E-state index is -3.51. The molecule has 0 aromatic heterocycles. The van der Waals surface area contributed by atoms with E-state index in [0.29, 0.717) is 28.4 Å². The lowest BCUT2D eigenvalue weighted by Gasteiger charge is -2.40. The molecular formula is C43H69O4PSi2. The van der Waals surface area contributed by atoms with E-state index >= 15 is 4.57 Å². The zero-order valence-corrected chi connectivity index (χ0v) is 36.7. The Kier molecular flexibility index (Phi) is 13.6. The third-order valence-electron chi connectivity index (χ3n) is 11.2. The van der Waals surface area contributed by atoms with Crippen LogP contribution in [0.1, 0.15) is 93.9 Å². The minimum absolute atomic E-state index is 0.00896. The van der Waals surface area contributed by atoms with Gasteiger partial charge in [0.15, 0.2) is 9.04 Å². The van der Waals surface area contributed by atoms with Crippen molar-refractivity contribution in [3.05, 3.63) is 84.7 Å². The fourth-order valence-electron chi connectivity index (χ4n) is 8.73. The smallest absolute Gasteiger partial charge is 0.261 e. The Bertz CT molecular complexity index is 1430. The minimum Gasteiger partial charge on any atom is -0.550 e. The van der Waals surface area contributed by atoms with Gasteiger partial charge in [-0.15, -0.1) is 0 Å². The fraction of sp³-hybridized carbons (Fsp3) is 0.628. The average molecular weight is 737 g/mol. The van der Waals surface area contributed by atoms with Gasteiger partial charge in [0.05, 0.1) is 11.4 Å². The second-order valence-corrected chi connectivity index (χ2v) is 25.2. The number of hydrogen-bond donors (Lipinski definition) is 0. The molecule has 2 aromatic rings. The SMILES string of the molecule is C=C1C[C@H]2[C@@H](C(=C[C@H](C[C@@H](C)CCCC)C(C)(C)C)O[SiH](C)C)[C@H](C(C)(C)C)C[C@@]2(O[SiH](C)C)C1OP(=O)(c1ccccc1)c1ccccc1. The first-order chi connectivity index (χ1) is 23.3. The molecule has 1 unspecified atom stereocenters. The molecular weight excluding hydrogens is 668 g/mol. The van der Waals surface area contributed by atoms with E-state index in [1.165, 1.54) is 25.0 Å². The largest absolute Gasteiger partial charge is 0.550 e. The van der Waals surface area contributed by atoms with E-state index in [1.54, 1.807) is 0 Å². The normalized spacial score (nSPS) is 26.0. The van der Waals surface area contributed by atoms with E-state index in [9.17, 15) is 0 Å². The number of hydrogen-bond acceptors (Lipinski definition) is 4. The maximum Gasteiger partial charge on any atom is 0.261 e. The Hall–Kier alpha value is -1.70. The van der Waals surface area contributed by atoms with Crippen molar-refractivity contribution >= 4 is 36.1 Å². The van der Waals surface area contributed by atoms with Crippen LogP contribution in [-0.4, -0.2) is 29.8 Å². The highest BCUT2D eigenvalue weighted by Gasteiger charge is 2.66. The van der Waals surface area contributed by atoms with Gasteiger partial charge >= 0.3 is 0 Å². The summed E-state index contributed by atoms with van der Waals surface area (Å²) in [6.07, 6.45) is 8.62. The van der Waals surface area contributed by atoms with Crippen LogP contribution in [0.5, 0.6) is 0 Å². The van der Waals surface area contributed by atoms with Crippen LogP contribution in [0, 0.1) is 40.4 Å². The van der Waals surface area contributed by atoms with Crippen molar-refractivity contribution in [3.63, 3.8) is 0 Å². The Balaban J connectivity index is 1.90. The molecule has 2 aliphatic carbocycles. The van der Waals surface area contributed by atoms with Gasteiger partial charge in [0, 0.05) is 22.4 Å². The number of rotatable bonds is 15. The van der Waals surface area contributed by atoms with Gasteiger partial charge in [-0.1, -0.05) is 118 Å². The molecule has 0 radical (unpaired) electrons. The number of fused-ring (bicyclic) bond motifs is 1. The standard InChI is InChI=1S/C43H69O4PSi2/c1-14-15-22-31(2)27-33(41(4,5)6)29-38(46-49(10)11)39-36-28-32(3)40(43(36,47-50(12)13)30-37(39)42(7,8)9)45-48(44,34-23-18-16-19-24-34)35-25-20-17-21-26-35/h16-21,23-26,29,31,33,36-37,39-40,49-50H,3,14-15,22,27-28,30H2,1-2,4-13H3/t31-,33-,36-,37+,39+,40?,43-/m0/s1. The quantitative estimate of drug-likeness (QED) is 0.0790. The van der Waals surface area contributed by atoms with Gasteiger partial charge in [-0.05, 0) is 110 Å². The number of allylic oxidation sites excluding steroid dienone is 2. The van der Waals surface area contributed by atoms with Crippen LogP contribution in [-0.2, 0) is 17.9 Å². The molecule has 4 nitrogen and oxygen atoms in total. The lowest BCUT2D eigenvalue weighted by molar-refractivity contribution is -0.0325. The zero-order valence-electron chi connectivity index (χ0n) is 33.5. The summed E-state index contributed by atoms with van der Waals surface area (Å²) in [5.74, 6) is 2.80. The topological polar surface area (TPSA) is 44.8 Å². The summed E-state index contributed by atoms with van der Waals surface area (Å²) < 4.78 is 37.2. The van der Waals surface area contributed by atoms with Gasteiger partial charge in [0.2, 0.25) is 9.04 Å². The highest BCUT2D eigenvalue weighted by atomic mass is 31.2. The second-order valence-electron chi connectivity index (χ2n) is 18.2. The van der Waals surface area contributed by atoms with Gasteiger partial charge in [-0.2, -0.15) is 0 Å². The average Bonchev–Trinajstić information content (AvgIpc) is 3.48. The molecule has 0 bridgehead atoms. The van der Waals surface area contributed by atoms with Crippen molar-refractivity contribution in [2.75, 3.05) is 0 Å². The first kappa shape index (κ1) is 41.1. The zero-order chi connectivity index (χ0) is 37.1. The summed E-state index contributed by atoms with van der Waals surface area (Å²) in [6, 6.07) is 19.5. The summed E-state index contributed by atoms with van der Waals surface area (Å²) in [7, 11) is -6.58. The van der Waals surface area contributed by atoms with Crippen LogP contribution in [0.2, 0.25) is 26.2 Å². The molecule has 2 fully saturated rings. The Morgan fingerprint density at radius 3 is 1.98 bits per heavy atom. The fourth-order valence-corrected chi connectivity index (χ4v) is 13.1. The van der Waals surface area contributed by atoms with E-state index in [2.05, 4.69) is 94.2 Å². The lowest BCUT2D eigenvalue weighted by atomic mass is 9.70. The van der Waals surface area contributed by atoms with Gasteiger partial charge in [0.25, 0.3) is 7.37 Å². The molecule has 2 aliphatic rings. The van der Waals surface area contributed by atoms with Gasteiger partial charge in [-0.25, -0.2) is 0 Å². The second kappa shape index (κ2) is 16.5. The summed E-state index contributed by atoms with van der Waals surface area (Å²) >= 11 is 0. The maximum atomic E-state index is 15.5. The van der Waals surface area contributed by atoms with Crippen molar-refractivity contribution in [2.45, 2.75) is 132 Å². The number of unbranched alkanes of at least 4 members (excludes halogenated alkanes) is 1. The molecule has 2 saturated carbocycles. The summed E-state index contributed by atoms with van der Waals surface area (Å²) in [5.41, 5.74) is 0.456. The van der Waals surface area contributed by atoms with Crippen molar-refractivity contribution in [1.82, 2.24) is 0 Å². The van der Waals surface area contributed by atoms with Crippen molar-refractivity contribution < 1.29 is 17.9 Å². The summed E-state index contributed by atoms with van der Waals surface area (Å²) in [5, 5.41) is 1.42. The van der Waals surface area contributed by atoms with Crippen LogP contribution < -0.4 is 10.6 Å². The van der Waals surface area contributed by atoms with Crippen molar-refractivity contribution in [3.8, 4) is 0 Å². The first-order valence-electron chi connectivity index (χ1n) is 19.5. The van der Waals surface area contributed by atoms with Gasteiger partial charge in [-0.3, -0.25) is 4.57 Å². The van der Waals surface area contributed by atoms with Crippen molar-refractivity contribution in [1.29, 1.82) is 0 Å². The summed E-state index contributed by atoms with van der Waals surface area (Å²) in [6.45, 7) is 32.9. The van der Waals surface area contributed by atoms with Crippen LogP contribution in [0.4, 0.5) is 0 Å². The third kappa shape index (κ3) is 9.26. The van der Waals surface area contributed by atoms with E-state index in [0.717, 1.165) is 24.8 Å². The predicted molar refractivity (Wildman–Crippen MR) is 220 cm³/mol. The molecule has 0 amide bonds. The van der Waals surface area contributed by atoms with Crippen LogP contribution >= 0.6 is 7.37 Å². The molecule has 0 heterocycles. The first-order valence-corrected chi connectivity index (χ1v) is 26.7. The van der Waals surface area contributed by atoms with Crippen molar-refractivity contribution in [2.24, 2.45) is 40.4 Å². The van der Waals surface area contributed by atoms with E-state index in [1.807, 2.05) is 60.7 Å². The molecule has 0 spiro atoms. The molecule has 2 aromatic carbocycles. The third-order valence-corrected chi connectivity index (χ3v) is 15.3. The van der Waals surface area contributed by atoms with Crippen LogP contribution in [0.25, 0.3) is 0 Å². The Morgan fingerprint density at radius 2 is 1.52 bits per heavy atom. The molecule has 50 heavy (non-hydrogen) atoms. The Labute approximate surface area is 309 Å². The molecule has 7 atom stereocenters. The highest BCUT2D eigenvalue weighted by Crippen LogP contribution is 2.65. The lowest BCUT2D eigenvalue weighted by Crippen LogP contribution is -2.48. The van der Waals surface area contributed by atoms with Gasteiger partial charge < -0.3 is 13.4 Å². The van der Waals surface area contributed by atoms with E-state index < -0.39 is 37.2 Å². The predicted octanol–water partition coefficient (Wildman–Crippen LogP) is 11.1. The van der Waals surface area contributed by atoms with Crippen LogP contribution in [0.3, 0.4) is 0 Å². The molecule has 7 heteroatoms. The monoisotopic (exact) mass is 736 g/mol. The number of benzene rings is 2. The highest BCUT2D eigenvalue weighted by molar-refractivity contribution is 7.74. The van der Waals surface area contributed by atoms with Gasteiger partial charge in [0.1, 0.15) is 6.10 Å².